The highest BCUT2D eigenvalue weighted by Gasteiger charge is 2.28. The molecule has 1 aromatic carbocycles. The highest BCUT2D eigenvalue weighted by Crippen LogP contribution is 2.38. The van der Waals surface area contributed by atoms with Crippen molar-refractivity contribution < 1.29 is 19.1 Å². The van der Waals surface area contributed by atoms with E-state index in [9.17, 15) is 14.4 Å². The van der Waals surface area contributed by atoms with Crippen molar-refractivity contribution in [2.75, 3.05) is 11.9 Å². The van der Waals surface area contributed by atoms with Crippen LogP contribution < -0.4 is 10.6 Å². The maximum Gasteiger partial charge on any atom is 0.341 e. The number of thioether (sulfide) groups is 1. The second kappa shape index (κ2) is 14.1. The topological polar surface area (TPSA) is 115 Å². The minimum atomic E-state index is -0.533. The largest absolute Gasteiger partial charge is 0.462 e. The summed E-state index contributed by atoms with van der Waals surface area (Å²) in [4.78, 5) is 40.7. The van der Waals surface area contributed by atoms with Crippen molar-refractivity contribution in [3.8, 4) is 0 Å². The van der Waals surface area contributed by atoms with E-state index in [1.54, 1.807) is 13.0 Å². The van der Waals surface area contributed by atoms with Crippen molar-refractivity contribution in [3.63, 3.8) is 0 Å². The number of nitrogens with one attached hydrogen (secondary N) is 2. The predicted octanol–water partition coefficient (Wildman–Crippen LogP) is 5.94. The molecule has 1 atom stereocenters. The number of ether oxygens (including phenoxy) is 1. The minimum Gasteiger partial charge on any atom is -0.462 e. The van der Waals surface area contributed by atoms with Crippen LogP contribution in [0.5, 0.6) is 0 Å². The van der Waals surface area contributed by atoms with Gasteiger partial charge in [-0.2, -0.15) is 0 Å². The molecule has 2 amide bonds. The summed E-state index contributed by atoms with van der Waals surface area (Å²) in [6.45, 7) is 4.55. The molecule has 0 bridgehead atoms. The Morgan fingerprint density at radius 1 is 1.07 bits per heavy atom. The summed E-state index contributed by atoms with van der Waals surface area (Å²) < 4.78 is 7.30. The van der Waals surface area contributed by atoms with Crippen LogP contribution in [0.25, 0.3) is 0 Å². The van der Waals surface area contributed by atoms with Gasteiger partial charge in [0.05, 0.1) is 35.4 Å². The van der Waals surface area contributed by atoms with Gasteiger partial charge in [0, 0.05) is 4.88 Å². The molecule has 5 rings (SSSR count). The molecule has 42 heavy (non-hydrogen) atoms. The van der Waals surface area contributed by atoms with Gasteiger partial charge in [0.2, 0.25) is 5.91 Å². The number of aromatic nitrogens is 3. The van der Waals surface area contributed by atoms with Crippen LogP contribution in [0.1, 0.15) is 75.0 Å². The van der Waals surface area contributed by atoms with Crippen molar-refractivity contribution >= 4 is 57.2 Å². The van der Waals surface area contributed by atoms with E-state index >= 15 is 0 Å². The number of thiophene rings is 2. The average Bonchev–Trinajstić information content (AvgIpc) is 3.69. The number of anilines is 1. The molecule has 0 saturated heterocycles. The zero-order chi connectivity index (χ0) is 29.5. The van der Waals surface area contributed by atoms with Gasteiger partial charge in [-0.3, -0.25) is 9.59 Å². The van der Waals surface area contributed by atoms with Gasteiger partial charge in [0.1, 0.15) is 5.00 Å². The monoisotopic (exact) mass is 623 g/mol. The van der Waals surface area contributed by atoms with Gasteiger partial charge in [-0.25, -0.2) is 4.79 Å². The molecule has 12 heteroatoms. The lowest BCUT2D eigenvalue weighted by Crippen LogP contribution is -2.25. The molecular weight excluding hydrogens is 591 g/mol. The first kappa shape index (κ1) is 30.0. The number of amides is 2. The minimum absolute atomic E-state index is 0.173. The van der Waals surface area contributed by atoms with Crippen LogP contribution in [0, 0.1) is 0 Å². The Hall–Kier alpha value is -3.48. The third kappa shape index (κ3) is 7.11. The Balaban J connectivity index is 1.34. The van der Waals surface area contributed by atoms with E-state index in [0.29, 0.717) is 33.0 Å². The summed E-state index contributed by atoms with van der Waals surface area (Å²) >= 11 is 4.15. The molecule has 4 aromatic rings. The third-order valence-corrected chi connectivity index (χ3v) is 10.1. The van der Waals surface area contributed by atoms with Gasteiger partial charge in [-0.05, 0) is 62.1 Å². The number of aryl methyl sites for hydroxylation is 1. The zero-order valence-electron chi connectivity index (χ0n) is 23.6. The second-order valence-corrected chi connectivity index (χ2v) is 13.2. The number of rotatable bonds is 11. The summed E-state index contributed by atoms with van der Waals surface area (Å²) in [7, 11) is 0. The van der Waals surface area contributed by atoms with Crippen molar-refractivity contribution in [2.45, 2.75) is 69.4 Å². The number of carbonyl (C=O) groups excluding carboxylic acids is 3. The summed E-state index contributed by atoms with van der Waals surface area (Å²) in [5.41, 5.74) is 2.56. The second-order valence-electron chi connectivity index (χ2n) is 9.87. The number of benzene rings is 1. The molecular formula is C30H33N5O4S3. The van der Waals surface area contributed by atoms with Crippen LogP contribution >= 0.6 is 34.4 Å². The van der Waals surface area contributed by atoms with E-state index in [1.807, 2.05) is 53.3 Å². The predicted molar refractivity (Wildman–Crippen MR) is 167 cm³/mol. The van der Waals surface area contributed by atoms with E-state index in [-0.39, 0.29) is 30.9 Å². The molecule has 0 unspecified atom stereocenters. The van der Waals surface area contributed by atoms with Crippen LogP contribution in [0.3, 0.4) is 0 Å². The first-order valence-electron chi connectivity index (χ1n) is 14.0. The Bertz CT molecular complexity index is 1530. The number of esters is 1. The lowest BCUT2D eigenvalue weighted by atomic mass is 10.1. The van der Waals surface area contributed by atoms with Crippen LogP contribution in [-0.4, -0.2) is 44.4 Å². The van der Waals surface area contributed by atoms with E-state index < -0.39 is 5.25 Å². The van der Waals surface area contributed by atoms with E-state index in [1.165, 1.54) is 34.4 Å². The summed E-state index contributed by atoms with van der Waals surface area (Å²) in [6.07, 6.45) is 4.93. The number of nitrogens with zero attached hydrogens (tertiary/aromatic N) is 3. The van der Waals surface area contributed by atoms with Crippen LogP contribution in [0.2, 0.25) is 0 Å². The van der Waals surface area contributed by atoms with Crippen LogP contribution in [-0.2, 0) is 35.5 Å². The average molecular weight is 624 g/mol. The molecule has 0 saturated carbocycles. The molecule has 220 valence electrons. The number of hydrogen-bond donors (Lipinski definition) is 2. The molecule has 9 nitrogen and oxygen atoms in total. The van der Waals surface area contributed by atoms with Gasteiger partial charge in [-0.1, -0.05) is 54.6 Å². The Kier molecular flexibility index (Phi) is 10.1. The van der Waals surface area contributed by atoms with E-state index in [4.69, 9.17) is 4.74 Å². The fourth-order valence-electron chi connectivity index (χ4n) is 4.79. The van der Waals surface area contributed by atoms with Crippen LogP contribution in [0.15, 0.2) is 53.0 Å². The quantitative estimate of drug-likeness (QED) is 0.121. The molecule has 0 spiro atoms. The first-order valence-corrected chi connectivity index (χ1v) is 16.6. The maximum atomic E-state index is 13.5. The zero-order valence-corrected chi connectivity index (χ0v) is 26.0. The Morgan fingerprint density at radius 3 is 2.64 bits per heavy atom. The molecule has 0 fully saturated rings. The van der Waals surface area contributed by atoms with Crippen LogP contribution in [0.4, 0.5) is 5.00 Å². The standard InChI is InChI=1S/C30H33N5O4S3/c1-3-39-29(38)25-21-13-8-5-9-14-22(21)42-28(25)32-26(36)19(2)41-30-34-33-24(17-31-27(37)23-15-10-16-40-23)35(30)18-20-11-6-4-7-12-20/h4,6-7,10-12,15-16,19H,3,5,8-9,13-14,17-18H2,1-2H3,(H,31,37)(H,32,36)/t19-/m1/s1. The van der Waals surface area contributed by atoms with Gasteiger partial charge in [0.25, 0.3) is 5.91 Å². The van der Waals surface area contributed by atoms with Crippen molar-refractivity contribution in [2.24, 2.45) is 0 Å². The van der Waals surface area contributed by atoms with Gasteiger partial charge >= 0.3 is 5.97 Å². The van der Waals surface area contributed by atoms with Crippen molar-refractivity contribution in [1.29, 1.82) is 0 Å². The third-order valence-electron chi connectivity index (χ3n) is 6.92. The number of fused-ring (bicyclic) bond motifs is 1. The molecule has 1 aliphatic rings. The number of hydrogen-bond acceptors (Lipinski definition) is 9. The summed E-state index contributed by atoms with van der Waals surface area (Å²) in [6, 6.07) is 13.5. The summed E-state index contributed by atoms with van der Waals surface area (Å²) in [5, 5.41) is 17.1. The fraction of sp³-hybridized carbons (Fsp3) is 0.367. The van der Waals surface area contributed by atoms with Crippen molar-refractivity contribution in [1.82, 2.24) is 20.1 Å². The summed E-state index contributed by atoms with van der Waals surface area (Å²) in [5.74, 6) is -0.202. The molecule has 3 aromatic heterocycles. The lowest BCUT2D eigenvalue weighted by Gasteiger charge is -2.14. The Morgan fingerprint density at radius 2 is 1.88 bits per heavy atom. The lowest BCUT2D eigenvalue weighted by molar-refractivity contribution is -0.115. The Labute approximate surface area is 257 Å². The molecule has 3 heterocycles. The molecule has 1 aliphatic carbocycles. The van der Waals surface area contributed by atoms with E-state index in [2.05, 4.69) is 20.8 Å². The van der Waals surface area contributed by atoms with E-state index in [0.717, 1.165) is 48.1 Å². The van der Waals surface area contributed by atoms with Gasteiger partial charge in [0.15, 0.2) is 11.0 Å². The molecule has 0 radical (unpaired) electrons. The first-order chi connectivity index (χ1) is 20.4. The van der Waals surface area contributed by atoms with Gasteiger partial charge < -0.3 is 19.9 Å². The molecule has 0 aliphatic heterocycles. The van der Waals surface area contributed by atoms with Gasteiger partial charge in [-0.15, -0.1) is 32.9 Å². The SMILES string of the molecule is CCOC(=O)c1c(NC(=O)[C@@H](C)Sc2nnc(CNC(=O)c3cccs3)n2Cc2ccccc2)sc2c1CCCCC2. The van der Waals surface area contributed by atoms with Crippen molar-refractivity contribution in [3.05, 3.63) is 80.1 Å². The molecule has 2 N–H and O–H groups in total. The number of carbonyl (C=O) groups is 3. The smallest absolute Gasteiger partial charge is 0.341 e. The highest BCUT2D eigenvalue weighted by molar-refractivity contribution is 8.00. The normalized spacial score (nSPS) is 13.6. The fourth-order valence-corrected chi connectivity index (χ4v) is 7.58. The maximum absolute atomic E-state index is 13.5. The highest BCUT2D eigenvalue weighted by atomic mass is 32.2.